The molecule has 0 N–H and O–H groups in total. The van der Waals surface area contributed by atoms with Crippen LogP contribution in [0, 0.1) is 6.67 Å². The maximum absolute atomic E-state index is 3.87. The van der Waals surface area contributed by atoms with E-state index in [9.17, 15) is 0 Å². The van der Waals surface area contributed by atoms with E-state index in [1.807, 2.05) is 0 Å². The minimum Gasteiger partial charge on any atom is -0.339 e. The summed E-state index contributed by atoms with van der Waals surface area (Å²) in [6, 6.07) is 9.82. The van der Waals surface area contributed by atoms with Crippen LogP contribution in [0.5, 0.6) is 0 Å². The molecule has 1 aliphatic rings. The van der Waals surface area contributed by atoms with Crippen molar-refractivity contribution in [2.75, 3.05) is 22.9 Å². The van der Waals surface area contributed by atoms with Crippen LogP contribution in [0.4, 0.5) is 11.4 Å². The van der Waals surface area contributed by atoms with Gasteiger partial charge >= 0.3 is 0 Å². The van der Waals surface area contributed by atoms with Crippen LogP contribution in [0.2, 0.25) is 0 Å². The van der Waals surface area contributed by atoms with Crippen LogP contribution in [0.25, 0.3) is 0 Å². The van der Waals surface area contributed by atoms with Crippen LogP contribution in [0.1, 0.15) is 152 Å². The number of benzene rings is 2. The molecule has 0 atom stereocenters. The molecule has 35 heavy (non-hydrogen) atoms. The molecule has 2 radical (unpaired) electrons. The lowest BCUT2D eigenvalue weighted by molar-refractivity contribution is 0.792. The van der Waals surface area contributed by atoms with E-state index >= 15 is 0 Å². The molecule has 0 bridgehead atoms. The Morgan fingerprint density at radius 2 is 0.714 bits per heavy atom. The molecule has 0 aliphatic carbocycles. The minimum absolute atomic E-state index is 0.472. The molecule has 2 nitrogen and oxygen atoms in total. The number of anilines is 2. The third-order valence-corrected chi connectivity index (χ3v) is 7.53. The molecule has 2 aromatic carbocycles. The Hall–Kier alpha value is -1.96. The maximum Gasteiger partial charge on any atom is 0.208 e. The lowest BCUT2D eigenvalue weighted by atomic mass is 9.87. The molecule has 0 unspecified atom stereocenters. The lowest BCUT2D eigenvalue weighted by Gasteiger charge is -2.31. The van der Waals surface area contributed by atoms with Crippen LogP contribution in [-0.4, -0.2) is 13.1 Å². The standard InChI is InChI=1S/C33H50N2/c1-20(2)26-15-28(22(5)6)32(29(16-26)23(7)8)34-13-14-35(19-34)33-30(24(9)10)17-27(21(3)4)18-31(33)25(11)12/h15-18,20-25H,13-14H2,1-12H3. The van der Waals surface area contributed by atoms with E-state index in [0.29, 0.717) is 35.5 Å². The number of rotatable bonds is 8. The Morgan fingerprint density at radius 1 is 0.457 bits per heavy atom. The van der Waals surface area contributed by atoms with Crippen molar-refractivity contribution in [3.8, 4) is 0 Å². The molecule has 3 rings (SSSR count). The smallest absolute Gasteiger partial charge is 0.208 e. The van der Waals surface area contributed by atoms with Crippen molar-refractivity contribution in [3.05, 3.63) is 64.3 Å². The Kier molecular flexibility index (Phi) is 8.66. The number of nitrogens with zero attached hydrogens (tertiary/aromatic N) is 2. The highest BCUT2D eigenvalue weighted by Gasteiger charge is 2.31. The van der Waals surface area contributed by atoms with Gasteiger partial charge in [-0.15, -0.1) is 0 Å². The topological polar surface area (TPSA) is 6.48 Å². The van der Waals surface area contributed by atoms with E-state index in [1.54, 1.807) is 0 Å². The fraction of sp³-hybridized carbons (Fsp3) is 0.606. The van der Waals surface area contributed by atoms with E-state index < -0.39 is 0 Å². The Bertz CT molecular complexity index is 870. The average molecular weight is 475 g/mol. The molecule has 1 heterocycles. The van der Waals surface area contributed by atoms with Crippen LogP contribution in [0.15, 0.2) is 24.3 Å². The third kappa shape index (κ3) is 5.73. The fourth-order valence-corrected chi connectivity index (χ4v) is 5.23. The van der Waals surface area contributed by atoms with Gasteiger partial charge in [0.05, 0.1) is 0 Å². The molecule has 2 aromatic rings. The average Bonchev–Trinajstić information content (AvgIpc) is 3.26. The van der Waals surface area contributed by atoms with Crippen molar-refractivity contribution in [2.45, 2.75) is 119 Å². The molecule has 0 saturated carbocycles. The van der Waals surface area contributed by atoms with Gasteiger partial charge in [0.25, 0.3) is 0 Å². The van der Waals surface area contributed by atoms with Crippen LogP contribution in [-0.2, 0) is 0 Å². The first-order chi connectivity index (χ1) is 16.3. The summed E-state index contributed by atoms with van der Waals surface area (Å²) in [6.07, 6.45) is 0. The molecular weight excluding hydrogens is 424 g/mol. The summed E-state index contributed by atoms with van der Waals surface area (Å²) >= 11 is 0. The SMILES string of the molecule is CC(C)c1cc(C(C)C)c(N2[C]N(c3c(C(C)C)cc(C(C)C)cc3C(C)C)CC2)c(C(C)C)c1. The summed E-state index contributed by atoms with van der Waals surface area (Å²) in [4.78, 5) is 4.86. The van der Waals surface area contributed by atoms with Crippen LogP contribution in [0.3, 0.4) is 0 Å². The second-order valence-electron chi connectivity index (χ2n) is 12.4. The molecule has 2 heteroatoms. The molecular formula is C33H50N2. The predicted octanol–water partition coefficient (Wildman–Crippen LogP) is 9.75. The van der Waals surface area contributed by atoms with Crippen LogP contribution < -0.4 is 9.80 Å². The van der Waals surface area contributed by atoms with Crippen molar-refractivity contribution in [1.82, 2.24) is 0 Å². The zero-order chi connectivity index (χ0) is 26.2. The molecule has 0 spiro atoms. The van der Waals surface area contributed by atoms with E-state index in [4.69, 9.17) is 0 Å². The predicted molar refractivity (Wildman–Crippen MR) is 155 cm³/mol. The molecule has 1 aliphatic heterocycles. The molecule has 0 amide bonds. The molecule has 0 aromatic heterocycles. The van der Waals surface area contributed by atoms with Gasteiger partial charge in [-0.2, -0.15) is 0 Å². The van der Waals surface area contributed by atoms with Gasteiger partial charge in [-0.3, -0.25) is 0 Å². The second-order valence-corrected chi connectivity index (χ2v) is 12.4. The summed E-state index contributed by atoms with van der Waals surface area (Å²) in [5.74, 6) is 2.95. The Balaban J connectivity index is 2.12. The summed E-state index contributed by atoms with van der Waals surface area (Å²) in [5.41, 5.74) is 11.5. The maximum atomic E-state index is 3.87. The quantitative estimate of drug-likeness (QED) is 0.375. The normalized spacial score (nSPS) is 14.8. The van der Waals surface area contributed by atoms with Crippen molar-refractivity contribution in [3.63, 3.8) is 0 Å². The molecule has 1 fully saturated rings. The monoisotopic (exact) mass is 474 g/mol. The van der Waals surface area contributed by atoms with E-state index in [0.717, 1.165) is 13.1 Å². The Labute approximate surface area is 217 Å². The van der Waals surface area contributed by atoms with Gasteiger partial charge in [0.15, 0.2) is 0 Å². The van der Waals surface area contributed by atoms with Gasteiger partial charge in [0, 0.05) is 24.5 Å². The first-order valence-electron chi connectivity index (χ1n) is 14.0. The Morgan fingerprint density at radius 3 is 0.914 bits per heavy atom. The first-order valence-corrected chi connectivity index (χ1v) is 14.0. The van der Waals surface area contributed by atoms with Gasteiger partial charge in [0.2, 0.25) is 6.67 Å². The van der Waals surface area contributed by atoms with Crippen molar-refractivity contribution in [1.29, 1.82) is 0 Å². The van der Waals surface area contributed by atoms with Gasteiger partial charge in [-0.25, -0.2) is 0 Å². The van der Waals surface area contributed by atoms with Gasteiger partial charge in [-0.05, 0) is 68.9 Å². The zero-order valence-electron chi connectivity index (χ0n) is 24.6. The lowest BCUT2D eigenvalue weighted by Crippen LogP contribution is -2.24. The highest BCUT2D eigenvalue weighted by Crippen LogP contribution is 2.44. The van der Waals surface area contributed by atoms with E-state index in [2.05, 4.69) is 124 Å². The summed E-state index contributed by atoms with van der Waals surface area (Å²) in [6.45, 7) is 33.7. The third-order valence-electron chi connectivity index (χ3n) is 7.53. The first kappa shape index (κ1) is 27.6. The van der Waals surface area contributed by atoms with E-state index in [1.165, 1.54) is 44.8 Å². The zero-order valence-corrected chi connectivity index (χ0v) is 24.6. The van der Waals surface area contributed by atoms with Gasteiger partial charge in [-0.1, -0.05) is 107 Å². The largest absolute Gasteiger partial charge is 0.339 e. The van der Waals surface area contributed by atoms with Gasteiger partial charge in [0.1, 0.15) is 0 Å². The van der Waals surface area contributed by atoms with Crippen LogP contribution >= 0.6 is 0 Å². The van der Waals surface area contributed by atoms with Crippen molar-refractivity contribution >= 4 is 11.4 Å². The van der Waals surface area contributed by atoms with E-state index in [-0.39, 0.29) is 0 Å². The van der Waals surface area contributed by atoms with Gasteiger partial charge < -0.3 is 9.80 Å². The number of hydrogen-bond donors (Lipinski definition) is 0. The fourth-order valence-electron chi connectivity index (χ4n) is 5.23. The molecule has 192 valence electrons. The highest BCUT2D eigenvalue weighted by molar-refractivity contribution is 5.71. The minimum atomic E-state index is 0.472. The summed E-state index contributed by atoms with van der Waals surface area (Å²) < 4.78 is 0. The summed E-state index contributed by atoms with van der Waals surface area (Å²) in [5, 5.41) is 0. The summed E-state index contributed by atoms with van der Waals surface area (Å²) in [7, 11) is 0. The number of hydrogen-bond acceptors (Lipinski definition) is 2. The second kappa shape index (κ2) is 11.0. The van der Waals surface area contributed by atoms with Crippen molar-refractivity contribution in [2.24, 2.45) is 0 Å². The highest BCUT2D eigenvalue weighted by atomic mass is 15.4. The van der Waals surface area contributed by atoms with Crippen molar-refractivity contribution < 1.29 is 0 Å². The molecule has 1 saturated heterocycles.